The lowest BCUT2D eigenvalue weighted by Crippen LogP contribution is -2.13. The Morgan fingerprint density at radius 1 is 1.17 bits per heavy atom. The maximum atomic E-state index is 11.7. The van der Waals surface area contributed by atoms with Gasteiger partial charge in [0, 0.05) is 5.56 Å². The number of carbonyl (C=O) groups is 1. The van der Waals surface area contributed by atoms with Crippen molar-refractivity contribution in [2.24, 2.45) is 0 Å². The van der Waals surface area contributed by atoms with Crippen molar-refractivity contribution < 1.29 is 15.0 Å². The van der Waals surface area contributed by atoms with Crippen molar-refractivity contribution in [1.82, 2.24) is 20.2 Å². The summed E-state index contributed by atoms with van der Waals surface area (Å²) in [5, 5.41) is 30.7. The van der Waals surface area contributed by atoms with Crippen molar-refractivity contribution in [2.75, 3.05) is 0 Å². The first kappa shape index (κ1) is 15.8. The Morgan fingerprint density at radius 2 is 1.88 bits per heavy atom. The van der Waals surface area contributed by atoms with Gasteiger partial charge in [-0.15, -0.1) is 5.10 Å². The Labute approximate surface area is 138 Å². The predicted molar refractivity (Wildman–Crippen MR) is 86.9 cm³/mol. The van der Waals surface area contributed by atoms with Gasteiger partial charge in [-0.3, -0.25) is 0 Å². The molecule has 7 heteroatoms. The number of carboxylic acid groups (broad SMARTS) is 1. The Bertz CT molecular complexity index is 885. The number of aliphatic hydroxyl groups excluding tert-OH is 1. The number of hydrogen-bond donors (Lipinski definition) is 2. The van der Waals surface area contributed by atoms with Crippen LogP contribution in [0.25, 0.3) is 16.8 Å². The summed E-state index contributed by atoms with van der Waals surface area (Å²) in [6.45, 7) is 3.50. The highest BCUT2D eigenvalue weighted by atomic mass is 16.4. The van der Waals surface area contributed by atoms with Gasteiger partial charge in [0.25, 0.3) is 0 Å². The molecule has 1 heterocycles. The Morgan fingerprint density at radius 3 is 2.50 bits per heavy atom. The van der Waals surface area contributed by atoms with E-state index in [0.717, 1.165) is 11.1 Å². The van der Waals surface area contributed by atoms with Gasteiger partial charge in [-0.05, 0) is 35.9 Å². The molecule has 0 bridgehead atoms. The number of aliphatic hydroxyl groups is 1. The smallest absolute Gasteiger partial charge is 0.337 e. The fourth-order valence-electron chi connectivity index (χ4n) is 2.52. The molecule has 1 atom stereocenters. The molecule has 122 valence electrons. The second-order valence-corrected chi connectivity index (χ2v) is 5.50. The molecule has 0 spiro atoms. The molecule has 3 aromatic rings. The number of benzene rings is 2. The van der Waals surface area contributed by atoms with Crippen LogP contribution in [0.5, 0.6) is 0 Å². The van der Waals surface area contributed by atoms with E-state index in [4.69, 9.17) is 0 Å². The van der Waals surface area contributed by atoms with Crippen molar-refractivity contribution in [1.29, 1.82) is 0 Å². The topological polar surface area (TPSA) is 101 Å². The number of aromatic carboxylic acids is 1. The molecule has 0 aliphatic heterocycles. The van der Waals surface area contributed by atoms with Crippen LogP contribution in [0.4, 0.5) is 0 Å². The van der Waals surface area contributed by atoms with Gasteiger partial charge in [0.2, 0.25) is 0 Å². The summed E-state index contributed by atoms with van der Waals surface area (Å²) in [6.07, 6.45) is -0.937. The summed E-state index contributed by atoms with van der Waals surface area (Å²) in [6, 6.07) is 12.7. The maximum absolute atomic E-state index is 11.7. The van der Waals surface area contributed by atoms with Crippen LogP contribution in [0.2, 0.25) is 0 Å². The number of aryl methyl sites for hydroxylation is 1. The van der Waals surface area contributed by atoms with E-state index in [9.17, 15) is 15.0 Å². The zero-order valence-corrected chi connectivity index (χ0v) is 13.2. The molecule has 0 fully saturated rings. The Hall–Kier alpha value is -3.06. The largest absolute Gasteiger partial charge is 0.478 e. The number of rotatable bonds is 4. The minimum absolute atomic E-state index is 0.0577. The van der Waals surface area contributed by atoms with Crippen molar-refractivity contribution in [3.05, 3.63) is 59.4 Å². The molecule has 2 N–H and O–H groups in total. The SMILES string of the molecule is Cc1ccc(-c2cccc(C(=O)O)c2-n2nnnc2C(C)O)cc1. The molecule has 3 rings (SSSR count). The van der Waals surface area contributed by atoms with Crippen LogP contribution in [-0.4, -0.2) is 36.4 Å². The van der Waals surface area contributed by atoms with Crippen molar-refractivity contribution in [3.8, 4) is 16.8 Å². The quantitative estimate of drug-likeness (QED) is 0.764. The summed E-state index contributed by atoms with van der Waals surface area (Å²) in [4.78, 5) is 11.7. The number of nitrogens with zero attached hydrogens (tertiary/aromatic N) is 4. The highest BCUT2D eigenvalue weighted by Gasteiger charge is 2.22. The van der Waals surface area contributed by atoms with Crippen LogP contribution < -0.4 is 0 Å². The highest BCUT2D eigenvalue weighted by molar-refractivity contribution is 5.96. The molecule has 0 radical (unpaired) electrons. The van der Waals surface area contributed by atoms with Gasteiger partial charge in [0.05, 0.1) is 11.3 Å². The number of tetrazole rings is 1. The molecule has 1 unspecified atom stereocenters. The van der Waals surface area contributed by atoms with Gasteiger partial charge in [-0.2, -0.15) is 4.68 Å². The van der Waals surface area contributed by atoms with Crippen molar-refractivity contribution in [3.63, 3.8) is 0 Å². The Balaban J connectivity index is 2.31. The molecule has 0 amide bonds. The summed E-state index contributed by atoms with van der Waals surface area (Å²) in [7, 11) is 0. The first-order valence-electron chi connectivity index (χ1n) is 7.39. The lowest BCUT2D eigenvalue weighted by molar-refractivity contribution is 0.0696. The molecule has 2 aromatic carbocycles. The third kappa shape index (κ3) is 2.77. The van der Waals surface area contributed by atoms with E-state index in [1.54, 1.807) is 12.1 Å². The molecular formula is C17H16N4O3. The van der Waals surface area contributed by atoms with Gasteiger partial charge in [0.1, 0.15) is 6.10 Å². The number of aromatic nitrogens is 4. The standard InChI is InChI=1S/C17H16N4O3/c1-10-6-8-12(9-7-10)13-4-3-5-14(17(23)24)15(13)21-16(11(2)22)18-19-20-21/h3-9,11,22H,1-2H3,(H,23,24). The fourth-order valence-corrected chi connectivity index (χ4v) is 2.52. The second kappa shape index (κ2) is 6.21. The van der Waals surface area contributed by atoms with Crippen molar-refractivity contribution in [2.45, 2.75) is 20.0 Å². The van der Waals surface area contributed by atoms with Crippen LogP contribution in [0.15, 0.2) is 42.5 Å². The Kier molecular flexibility index (Phi) is 4.09. The maximum Gasteiger partial charge on any atom is 0.337 e. The average Bonchev–Trinajstić information content (AvgIpc) is 3.04. The highest BCUT2D eigenvalue weighted by Crippen LogP contribution is 2.31. The van der Waals surface area contributed by atoms with E-state index in [1.165, 1.54) is 17.7 Å². The van der Waals surface area contributed by atoms with Crippen LogP contribution in [0.1, 0.15) is 34.8 Å². The van der Waals surface area contributed by atoms with Gasteiger partial charge in [-0.25, -0.2) is 4.79 Å². The van der Waals surface area contributed by atoms with Crippen LogP contribution in [-0.2, 0) is 0 Å². The number of para-hydroxylation sites is 1. The zero-order valence-electron chi connectivity index (χ0n) is 13.2. The second-order valence-electron chi connectivity index (χ2n) is 5.50. The normalized spacial score (nSPS) is 12.1. The molecular weight excluding hydrogens is 308 g/mol. The van der Waals surface area contributed by atoms with E-state index in [-0.39, 0.29) is 11.4 Å². The van der Waals surface area contributed by atoms with E-state index < -0.39 is 12.1 Å². The third-order valence-corrected chi connectivity index (χ3v) is 3.71. The average molecular weight is 324 g/mol. The molecule has 0 aliphatic rings. The summed E-state index contributed by atoms with van der Waals surface area (Å²) >= 11 is 0. The van der Waals surface area contributed by atoms with E-state index in [2.05, 4.69) is 15.5 Å². The minimum Gasteiger partial charge on any atom is -0.478 e. The van der Waals surface area contributed by atoms with E-state index >= 15 is 0 Å². The summed E-state index contributed by atoms with van der Waals surface area (Å²) in [5.74, 6) is -0.914. The van der Waals surface area contributed by atoms with Crippen molar-refractivity contribution >= 4 is 5.97 Å². The fraction of sp³-hybridized carbons (Fsp3) is 0.176. The number of hydrogen-bond acceptors (Lipinski definition) is 5. The first-order chi connectivity index (χ1) is 11.5. The molecule has 0 saturated carbocycles. The van der Waals surface area contributed by atoms with Gasteiger partial charge < -0.3 is 10.2 Å². The molecule has 0 saturated heterocycles. The third-order valence-electron chi connectivity index (χ3n) is 3.71. The summed E-state index contributed by atoms with van der Waals surface area (Å²) < 4.78 is 1.28. The van der Waals surface area contributed by atoms with Gasteiger partial charge in [-0.1, -0.05) is 42.0 Å². The van der Waals surface area contributed by atoms with Crippen LogP contribution in [0, 0.1) is 6.92 Å². The predicted octanol–water partition coefficient (Wildman–Crippen LogP) is 2.39. The molecule has 0 aliphatic carbocycles. The first-order valence-corrected chi connectivity index (χ1v) is 7.39. The summed E-state index contributed by atoms with van der Waals surface area (Å²) in [5.41, 5.74) is 2.99. The molecule has 7 nitrogen and oxygen atoms in total. The van der Waals surface area contributed by atoms with E-state index in [1.807, 2.05) is 31.2 Å². The van der Waals surface area contributed by atoms with Gasteiger partial charge in [0.15, 0.2) is 5.82 Å². The van der Waals surface area contributed by atoms with Crippen LogP contribution in [0.3, 0.4) is 0 Å². The lowest BCUT2D eigenvalue weighted by atomic mass is 9.99. The van der Waals surface area contributed by atoms with Gasteiger partial charge >= 0.3 is 5.97 Å². The number of carboxylic acids is 1. The molecule has 1 aromatic heterocycles. The zero-order chi connectivity index (χ0) is 17.3. The minimum atomic E-state index is -1.09. The monoisotopic (exact) mass is 324 g/mol. The lowest BCUT2D eigenvalue weighted by Gasteiger charge is -2.15. The van der Waals surface area contributed by atoms with E-state index in [0.29, 0.717) is 11.3 Å². The van der Waals surface area contributed by atoms with Crippen LogP contribution >= 0.6 is 0 Å². The molecule has 24 heavy (non-hydrogen) atoms.